The second-order valence-corrected chi connectivity index (χ2v) is 5.78. The van der Waals surface area contributed by atoms with Crippen molar-refractivity contribution >= 4 is 6.03 Å². The van der Waals surface area contributed by atoms with Gasteiger partial charge in [0.05, 0.1) is 0 Å². The van der Waals surface area contributed by atoms with Crippen LogP contribution in [0.3, 0.4) is 0 Å². The number of primary amides is 1. The Balaban J connectivity index is 1.64. The standard InChI is InChI=1S/C13H26N4O/c1-16-6-2-3-11(10-16)9-15-12-4-7-17(8-5-12)13(14)18/h11-12,15H,2-10H2,1H3,(H2,14,18). The number of amides is 2. The van der Waals surface area contributed by atoms with E-state index < -0.39 is 0 Å². The van der Waals surface area contributed by atoms with Crippen LogP contribution >= 0.6 is 0 Å². The van der Waals surface area contributed by atoms with Gasteiger partial charge in [0.2, 0.25) is 0 Å². The zero-order chi connectivity index (χ0) is 13.0. The first-order chi connectivity index (χ1) is 8.65. The first kappa shape index (κ1) is 13.6. The van der Waals surface area contributed by atoms with Crippen LogP contribution < -0.4 is 11.1 Å². The van der Waals surface area contributed by atoms with Gasteiger partial charge in [-0.25, -0.2) is 4.79 Å². The molecule has 0 spiro atoms. The van der Waals surface area contributed by atoms with E-state index in [4.69, 9.17) is 5.73 Å². The molecule has 0 radical (unpaired) electrons. The third-order valence-electron chi connectivity index (χ3n) is 4.22. The quantitative estimate of drug-likeness (QED) is 0.769. The van der Waals surface area contributed by atoms with Crippen LogP contribution in [-0.4, -0.2) is 61.6 Å². The molecule has 5 heteroatoms. The molecule has 3 N–H and O–H groups in total. The summed E-state index contributed by atoms with van der Waals surface area (Å²) in [6, 6.07) is 0.287. The van der Waals surface area contributed by atoms with Crippen molar-refractivity contribution in [2.75, 3.05) is 39.8 Å². The molecule has 2 heterocycles. The summed E-state index contributed by atoms with van der Waals surface area (Å²) in [5, 5.41) is 3.67. The summed E-state index contributed by atoms with van der Waals surface area (Å²) in [4.78, 5) is 15.2. The lowest BCUT2D eigenvalue weighted by molar-refractivity contribution is 0.174. The van der Waals surface area contributed by atoms with Gasteiger partial charge in [0.15, 0.2) is 0 Å². The summed E-state index contributed by atoms with van der Waals surface area (Å²) in [5.74, 6) is 0.790. The zero-order valence-corrected chi connectivity index (χ0v) is 11.4. The van der Waals surface area contributed by atoms with Crippen LogP contribution in [0.2, 0.25) is 0 Å². The number of nitrogens with two attached hydrogens (primary N) is 1. The third-order valence-corrected chi connectivity index (χ3v) is 4.22. The predicted octanol–water partition coefficient (Wildman–Crippen LogP) is 0.461. The molecule has 5 nitrogen and oxygen atoms in total. The van der Waals surface area contributed by atoms with Gasteiger partial charge in [-0.05, 0) is 51.7 Å². The first-order valence-electron chi connectivity index (χ1n) is 7.11. The Labute approximate surface area is 110 Å². The number of urea groups is 1. The van der Waals surface area contributed by atoms with Gasteiger partial charge in [-0.2, -0.15) is 0 Å². The Kier molecular flexibility index (Phi) is 4.83. The smallest absolute Gasteiger partial charge is 0.314 e. The average Bonchev–Trinajstić information content (AvgIpc) is 2.37. The molecule has 104 valence electrons. The predicted molar refractivity (Wildman–Crippen MR) is 72.4 cm³/mol. The van der Waals surface area contributed by atoms with Crippen LogP contribution in [0.25, 0.3) is 0 Å². The summed E-state index contributed by atoms with van der Waals surface area (Å²) in [5.41, 5.74) is 5.28. The van der Waals surface area contributed by atoms with Crippen LogP contribution in [0.4, 0.5) is 4.79 Å². The Hall–Kier alpha value is -0.810. The molecule has 1 unspecified atom stereocenters. The first-order valence-corrected chi connectivity index (χ1v) is 7.11. The lowest BCUT2D eigenvalue weighted by atomic mass is 9.97. The van der Waals surface area contributed by atoms with Crippen molar-refractivity contribution in [3.63, 3.8) is 0 Å². The highest BCUT2D eigenvalue weighted by Gasteiger charge is 2.22. The molecule has 2 saturated heterocycles. The monoisotopic (exact) mass is 254 g/mol. The fourth-order valence-electron chi connectivity index (χ4n) is 3.08. The molecular weight excluding hydrogens is 228 g/mol. The van der Waals surface area contributed by atoms with Gasteiger partial charge in [0.1, 0.15) is 0 Å². The van der Waals surface area contributed by atoms with Crippen LogP contribution in [0, 0.1) is 5.92 Å². The van der Waals surface area contributed by atoms with Crippen LogP contribution in [0.15, 0.2) is 0 Å². The SMILES string of the molecule is CN1CCCC(CNC2CCN(C(N)=O)CC2)C1. The van der Waals surface area contributed by atoms with Gasteiger partial charge in [0, 0.05) is 25.7 Å². The minimum atomic E-state index is -0.276. The summed E-state index contributed by atoms with van der Waals surface area (Å²) in [6.45, 7) is 5.18. The highest BCUT2D eigenvalue weighted by atomic mass is 16.2. The van der Waals surface area contributed by atoms with E-state index in [0.717, 1.165) is 38.4 Å². The van der Waals surface area contributed by atoms with Gasteiger partial charge in [0.25, 0.3) is 0 Å². The molecule has 0 aromatic carbocycles. The molecule has 2 rings (SSSR count). The van der Waals surface area contributed by atoms with Crippen LogP contribution in [0.5, 0.6) is 0 Å². The van der Waals surface area contributed by atoms with Crippen molar-refractivity contribution in [1.82, 2.24) is 15.1 Å². The van der Waals surface area contributed by atoms with Crippen molar-refractivity contribution in [1.29, 1.82) is 0 Å². The number of carbonyl (C=O) groups excluding carboxylic acids is 1. The van der Waals surface area contributed by atoms with Gasteiger partial charge in [-0.1, -0.05) is 0 Å². The molecule has 0 aliphatic carbocycles. The lowest BCUT2D eigenvalue weighted by Gasteiger charge is -2.34. The van der Waals surface area contributed by atoms with Crippen LogP contribution in [-0.2, 0) is 0 Å². The zero-order valence-electron chi connectivity index (χ0n) is 11.4. The number of carbonyl (C=O) groups is 1. The number of piperidine rings is 2. The number of nitrogens with zero attached hydrogens (tertiary/aromatic N) is 2. The van der Waals surface area contributed by atoms with Crippen molar-refractivity contribution in [2.24, 2.45) is 11.7 Å². The Morgan fingerprint density at radius 2 is 2.00 bits per heavy atom. The van der Waals surface area contributed by atoms with Crippen molar-refractivity contribution in [3.05, 3.63) is 0 Å². The van der Waals surface area contributed by atoms with E-state index in [-0.39, 0.29) is 6.03 Å². The van der Waals surface area contributed by atoms with Gasteiger partial charge in [-0.3, -0.25) is 0 Å². The van der Waals surface area contributed by atoms with Crippen LogP contribution in [0.1, 0.15) is 25.7 Å². The Morgan fingerprint density at radius 3 is 2.61 bits per heavy atom. The maximum atomic E-state index is 11.0. The Bertz CT molecular complexity index is 276. The minimum Gasteiger partial charge on any atom is -0.351 e. The second kappa shape index (κ2) is 6.38. The molecule has 1 atom stereocenters. The molecule has 2 fully saturated rings. The van der Waals surface area contributed by atoms with E-state index in [2.05, 4.69) is 17.3 Å². The second-order valence-electron chi connectivity index (χ2n) is 5.78. The molecule has 2 aliphatic rings. The molecule has 2 aliphatic heterocycles. The van der Waals surface area contributed by atoms with Crippen molar-refractivity contribution in [3.8, 4) is 0 Å². The molecule has 0 bridgehead atoms. The number of nitrogens with one attached hydrogen (secondary N) is 1. The largest absolute Gasteiger partial charge is 0.351 e. The Morgan fingerprint density at radius 1 is 1.28 bits per heavy atom. The number of hydrogen-bond acceptors (Lipinski definition) is 3. The fraction of sp³-hybridized carbons (Fsp3) is 0.923. The third kappa shape index (κ3) is 3.85. The van der Waals surface area contributed by atoms with E-state index in [9.17, 15) is 4.79 Å². The molecule has 0 saturated carbocycles. The van der Waals surface area contributed by atoms with E-state index in [0.29, 0.717) is 6.04 Å². The highest BCUT2D eigenvalue weighted by Crippen LogP contribution is 2.15. The summed E-state index contributed by atoms with van der Waals surface area (Å²) in [6.07, 6.45) is 4.73. The average molecular weight is 254 g/mol. The lowest BCUT2D eigenvalue weighted by Crippen LogP contribution is -2.48. The maximum absolute atomic E-state index is 11.0. The normalized spacial score (nSPS) is 27.4. The molecule has 0 aromatic heterocycles. The van der Waals surface area contributed by atoms with E-state index in [1.807, 2.05) is 0 Å². The molecular formula is C13H26N4O. The van der Waals surface area contributed by atoms with Crippen molar-refractivity contribution in [2.45, 2.75) is 31.7 Å². The van der Waals surface area contributed by atoms with Gasteiger partial charge in [-0.15, -0.1) is 0 Å². The molecule has 2 amide bonds. The topological polar surface area (TPSA) is 61.6 Å². The van der Waals surface area contributed by atoms with Gasteiger partial charge >= 0.3 is 6.03 Å². The molecule has 18 heavy (non-hydrogen) atoms. The maximum Gasteiger partial charge on any atom is 0.314 e. The summed E-state index contributed by atoms with van der Waals surface area (Å²) < 4.78 is 0. The number of hydrogen-bond donors (Lipinski definition) is 2. The fourth-order valence-corrected chi connectivity index (χ4v) is 3.08. The van der Waals surface area contributed by atoms with Crippen molar-refractivity contribution < 1.29 is 4.79 Å². The van der Waals surface area contributed by atoms with E-state index in [1.165, 1.54) is 25.9 Å². The van der Waals surface area contributed by atoms with Gasteiger partial charge < -0.3 is 20.9 Å². The van der Waals surface area contributed by atoms with E-state index in [1.54, 1.807) is 4.90 Å². The van der Waals surface area contributed by atoms with E-state index >= 15 is 0 Å². The number of rotatable bonds is 3. The molecule has 0 aromatic rings. The highest BCUT2D eigenvalue weighted by molar-refractivity contribution is 5.72. The summed E-state index contributed by atoms with van der Waals surface area (Å²) >= 11 is 0. The number of likely N-dealkylation sites (tertiary alicyclic amines) is 2. The summed E-state index contributed by atoms with van der Waals surface area (Å²) in [7, 11) is 2.21. The minimum absolute atomic E-state index is 0.276.